The monoisotopic (exact) mass is 190 g/mol. The van der Waals surface area contributed by atoms with Gasteiger partial charge in [0, 0.05) is 0 Å². The Morgan fingerprint density at radius 2 is 2.00 bits per heavy atom. The molecule has 5 nitrogen and oxygen atoms in total. The number of unbranched alkanes of at least 4 members (excludes halogenated alkanes) is 1. The normalized spacial score (nSPS) is 12.4. The third-order valence-electron chi connectivity index (χ3n) is 1.50. The second kappa shape index (κ2) is 6.42. The van der Waals surface area contributed by atoms with Crippen LogP contribution in [0.3, 0.4) is 0 Å². The van der Waals surface area contributed by atoms with Gasteiger partial charge in [-0.1, -0.05) is 19.8 Å². The lowest BCUT2D eigenvalue weighted by atomic mass is 10.1. The van der Waals surface area contributed by atoms with Crippen molar-refractivity contribution in [3.63, 3.8) is 0 Å². The van der Waals surface area contributed by atoms with E-state index in [9.17, 15) is 9.59 Å². The zero-order valence-corrected chi connectivity index (χ0v) is 7.52. The number of carbonyl (C=O) groups is 2. The van der Waals surface area contributed by atoms with Crippen molar-refractivity contribution < 1.29 is 24.5 Å². The van der Waals surface area contributed by atoms with E-state index in [4.69, 9.17) is 10.2 Å². The highest BCUT2D eigenvalue weighted by atomic mass is 16.5. The Balaban J connectivity index is 3.80. The molecule has 0 saturated heterocycles. The smallest absolute Gasteiger partial charge is 0.332 e. The van der Waals surface area contributed by atoms with Gasteiger partial charge in [-0.15, -0.1) is 0 Å². The standard InChI is InChI=1S/C8H14O5/c1-2-3-4-6(8(11)12)13-5-7(9)10/h6H,2-5H2,1H3,(H,9,10)(H,11,12). The van der Waals surface area contributed by atoms with E-state index in [1.165, 1.54) is 0 Å². The van der Waals surface area contributed by atoms with Gasteiger partial charge >= 0.3 is 11.9 Å². The summed E-state index contributed by atoms with van der Waals surface area (Å²) in [6, 6.07) is 0. The Hall–Kier alpha value is -1.10. The van der Waals surface area contributed by atoms with Crippen molar-refractivity contribution in [1.29, 1.82) is 0 Å². The Morgan fingerprint density at radius 3 is 2.38 bits per heavy atom. The fourth-order valence-electron chi connectivity index (χ4n) is 0.839. The molecule has 0 saturated carbocycles. The summed E-state index contributed by atoms with van der Waals surface area (Å²) in [6.45, 7) is 1.37. The van der Waals surface area contributed by atoms with Crippen LogP contribution in [0.1, 0.15) is 26.2 Å². The molecule has 0 bridgehead atoms. The third-order valence-corrected chi connectivity index (χ3v) is 1.50. The minimum atomic E-state index is -1.15. The van der Waals surface area contributed by atoms with Crippen LogP contribution in [0, 0.1) is 0 Å². The Kier molecular flexibility index (Phi) is 5.88. The number of carboxylic acid groups (broad SMARTS) is 2. The van der Waals surface area contributed by atoms with Gasteiger partial charge in [0.05, 0.1) is 0 Å². The molecule has 0 aliphatic carbocycles. The summed E-state index contributed by atoms with van der Waals surface area (Å²) >= 11 is 0. The van der Waals surface area contributed by atoms with E-state index >= 15 is 0 Å². The molecule has 0 aliphatic rings. The molecule has 5 heteroatoms. The molecule has 0 aromatic carbocycles. The highest BCUT2D eigenvalue weighted by Gasteiger charge is 2.18. The van der Waals surface area contributed by atoms with Gasteiger partial charge < -0.3 is 14.9 Å². The predicted molar refractivity (Wildman–Crippen MR) is 44.5 cm³/mol. The molecule has 1 unspecified atom stereocenters. The first kappa shape index (κ1) is 11.9. The summed E-state index contributed by atoms with van der Waals surface area (Å²) in [4.78, 5) is 20.6. The van der Waals surface area contributed by atoms with Crippen LogP contribution in [0.15, 0.2) is 0 Å². The van der Waals surface area contributed by atoms with Crippen LogP contribution >= 0.6 is 0 Å². The van der Waals surface area contributed by atoms with Crippen molar-refractivity contribution >= 4 is 11.9 Å². The van der Waals surface area contributed by atoms with Gasteiger partial charge in [-0.05, 0) is 6.42 Å². The number of rotatable bonds is 7. The Labute approximate surface area is 76.3 Å². The molecule has 0 radical (unpaired) electrons. The maximum absolute atomic E-state index is 10.5. The SMILES string of the molecule is CCCCC(OCC(=O)O)C(=O)O. The molecule has 1 atom stereocenters. The summed E-state index contributed by atoms with van der Waals surface area (Å²) in [7, 11) is 0. The predicted octanol–water partition coefficient (Wildman–Crippen LogP) is 0.731. The first-order chi connectivity index (χ1) is 6.07. The van der Waals surface area contributed by atoms with Crippen LogP contribution < -0.4 is 0 Å². The van der Waals surface area contributed by atoms with Crippen molar-refractivity contribution in [1.82, 2.24) is 0 Å². The van der Waals surface area contributed by atoms with Crippen molar-refractivity contribution in [2.24, 2.45) is 0 Å². The summed E-state index contributed by atoms with van der Waals surface area (Å²) in [5.41, 5.74) is 0. The highest BCUT2D eigenvalue weighted by Crippen LogP contribution is 2.04. The second-order valence-corrected chi connectivity index (χ2v) is 2.67. The van der Waals surface area contributed by atoms with Gasteiger partial charge in [0.15, 0.2) is 6.10 Å². The van der Waals surface area contributed by atoms with E-state index in [1.807, 2.05) is 6.92 Å². The van der Waals surface area contributed by atoms with Crippen molar-refractivity contribution in [2.45, 2.75) is 32.3 Å². The molecule has 0 aromatic heterocycles. The lowest BCUT2D eigenvalue weighted by molar-refractivity contribution is -0.156. The molecular weight excluding hydrogens is 176 g/mol. The molecule has 0 amide bonds. The van der Waals surface area contributed by atoms with E-state index in [0.717, 1.165) is 12.8 Å². The number of carboxylic acids is 2. The van der Waals surface area contributed by atoms with Crippen LogP contribution in [0.5, 0.6) is 0 Å². The fraction of sp³-hybridized carbons (Fsp3) is 0.750. The highest BCUT2D eigenvalue weighted by molar-refractivity contribution is 5.73. The van der Waals surface area contributed by atoms with E-state index in [2.05, 4.69) is 4.74 Å². The van der Waals surface area contributed by atoms with E-state index in [-0.39, 0.29) is 0 Å². The first-order valence-electron chi connectivity index (χ1n) is 4.14. The number of ether oxygens (including phenoxy) is 1. The zero-order chi connectivity index (χ0) is 10.3. The first-order valence-corrected chi connectivity index (χ1v) is 4.14. The van der Waals surface area contributed by atoms with Gasteiger partial charge in [0.25, 0.3) is 0 Å². The maximum atomic E-state index is 10.5. The van der Waals surface area contributed by atoms with Crippen molar-refractivity contribution in [2.75, 3.05) is 6.61 Å². The van der Waals surface area contributed by atoms with Crippen LogP contribution in [-0.2, 0) is 14.3 Å². The molecule has 13 heavy (non-hydrogen) atoms. The lowest BCUT2D eigenvalue weighted by Gasteiger charge is -2.10. The Bertz CT molecular complexity index is 177. The van der Waals surface area contributed by atoms with Crippen LogP contribution in [0.4, 0.5) is 0 Å². The molecule has 76 valence electrons. The largest absolute Gasteiger partial charge is 0.480 e. The molecule has 0 aliphatic heterocycles. The van der Waals surface area contributed by atoms with Gasteiger partial charge in [0.2, 0.25) is 0 Å². The molecule has 2 N–H and O–H groups in total. The van der Waals surface area contributed by atoms with Gasteiger partial charge in [0.1, 0.15) is 6.61 Å². The van der Waals surface area contributed by atoms with Crippen LogP contribution in [0.2, 0.25) is 0 Å². The molecular formula is C8H14O5. The fourth-order valence-corrected chi connectivity index (χ4v) is 0.839. The topological polar surface area (TPSA) is 83.8 Å². The molecule has 0 heterocycles. The van der Waals surface area contributed by atoms with Crippen molar-refractivity contribution in [3.8, 4) is 0 Å². The lowest BCUT2D eigenvalue weighted by Crippen LogP contribution is -2.26. The average molecular weight is 190 g/mol. The summed E-state index contributed by atoms with van der Waals surface area (Å²) < 4.78 is 4.67. The third kappa shape index (κ3) is 6.10. The number of hydrogen-bond donors (Lipinski definition) is 2. The minimum Gasteiger partial charge on any atom is -0.480 e. The minimum absolute atomic E-state index is 0.360. The molecule has 0 fully saturated rings. The van der Waals surface area contributed by atoms with Gasteiger partial charge in [-0.3, -0.25) is 0 Å². The zero-order valence-electron chi connectivity index (χ0n) is 7.52. The Morgan fingerprint density at radius 1 is 1.38 bits per heavy atom. The molecule has 0 aromatic rings. The number of hydrogen-bond acceptors (Lipinski definition) is 3. The average Bonchev–Trinajstić information content (AvgIpc) is 2.03. The van der Waals surface area contributed by atoms with Gasteiger partial charge in [-0.2, -0.15) is 0 Å². The van der Waals surface area contributed by atoms with Crippen LogP contribution in [0.25, 0.3) is 0 Å². The quantitative estimate of drug-likeness (QED) is 0.618. The summed E-state index contributed by atoms with van der Waals surface area (Å²) in [6.07, 6.45) is 0.951. The van der Waals surface area contributed by atoms with E-state index in [1.54, 1.807) is 0 Å². The molecule has 0 spiro atoms. The maximum Gasteiger partial charge on any atom is 0.332 e. The van der Waals surface area contributed by atoms with E-state index < -0.39 is 24.6 Å². The summed E-state index contributed by atoms with van der Waals surface area (Å²) in [5, 5.41) is 16.8. The van der Waals surface area contributed by atoms with Gasteiger partial charge in [-0.25, -0.2) is 9.59 Å². The van der Waals surface area contributed by atoms with E-state index in [0.29, 0.717) is 6.42 Å². The second-order valence-electron chi connectivity index (χ2n) is 2.67. The van der Waals surface area contributed by atoms with Crippen molar-refractivity contribution in [3.05, 3.63) is 0 Å². The summed E-state index contributed by atoms with van der Waals surface area (Å²) in [5.74, 6) is -2.25. The number of aliphatic carboxylic acids is 2. The van der Waals surface area contributed by atoms with Crippen LogP contribution in [-0.4, -0.2) is 34.9 Å². The molecule has 0 rings (SSSR count).